The highest BCUT2D eigenvalue weighted by atomic mass is 32.1. The molecule has 4 rings (SSSR count). The third-order valence-corrected chi connectivity index (χ3v) is 6.06. The van der Waals surface area contributed by atoms with Crippen molar-refractivity contribution in [3.8, 4) is 11.5 Å². The molecule has 0 aliphatic heterocycles. The summed E-state index contributed by atoms with van der Waals surface area (Å²) in [6, 6.07) is 9.80. The van der Waals surface area contributed by atoms with Crippen LogP contribution in [0.3, 0.4) is 0 Å². The van der Waals surface area contributed by atoms with Crippen molar-refractivity contribution < 1.29 is 9.53 Å². The summed E-state index contributed by atoms with van der Waals surface area (Å²) in [5.41, 5.74) is 1.37. The maximum absolute atomic E-state index is 11.5. The Kier molecular flexibility index (Phi) is 5.07. The molecule has 2 heterocycles. The fourth-order valence-electron chi connectivity index (χ4n) is 3.52. The first kappa shape index (κ1) is 17.9. The summed E-state index contributed by atoms with van der Waals surface area (Å²) >= 11 is 1.66. The predicted molar refractivity (Wildman–Crippen MR) is 109 cm³/mol. The minimum absolute atomic E-state index is 0.0778. The molecule has 2 unspecified atom stereocenters. The maximum Gasteiger partial charge on any atom is 0.184 e. The van der Waals surface area contributed by atoms with Crippen molar-refractivity contribution in [2.45, 2.75) is 45.6 Å². The highest BCUT2D eigenvalue weighted by molar-refractivity contribution is 7.22. The van der Waals surface area contributed by atoms with Gasteiger partial charge >= 0.3 is 0 Å². The monoisotopic (exact) mass is 381 g/mol. The van der Waals surface area contributed by atoms with Gasteiger partial charge in [0.2, 0.25) is 0 Å². The molecule has 5 nitrogen and oxygen atoms in total. The topological polar surface area (TPSA) is 64.1 Å². The normalized spacial score (nSPS) is 19.8. The van der Waals surface area contributed by atoms with Gasteiger partial charge in [-0.15, -0.1) is 0 Å². The number of anilines is 1. The van der Waals surface area contributed by atoms with Crippen LogP contribution in [0.15, 0.2) is 36.5 Å². The van der Waals surface area contributed by atoms with Crippen LogP contribution in [-0.4, -0.2) is 21.8 Å². The number of carbonyl (C=O) groups is 1. The molecule has 3 aromatic rings. The van der Waals surface area contributed by atoms with Crippen LogP contribution in [-0.2, 0) is 0 Å². The van der Waals surface area contributed by atoms with Gasteiger partial charge in [0, 0.05) is 31.3 Å². The Morgan fingerprint density at radius 3 is 2.81 bits per heavy atom. The van der Waals surface area contributed by atoms with Crippen molar-refractivity contribution in [2.24, 2.45) is 5.92 Å². The third-order valence-electron chi connectivity index (χ3n) is 5.11. The van der Waals surface area contributed by atoms with E-state index in [1.807, 2.05) is 18.2 Å². The summed E-state index contributed by atoms with van der Waals surface area (Å²) in [6.07, 6.45) is 6.71. The van der Waals surface area contributed by atoms with Gasteiger partial charge in [-0.2, -0.15) is 0 Å². The van der Waals surface area contributed by atoms with E-state index < -0.39 is 0 Å². The number of hydrogen-bond donors (Lipinski definition) is 1. The number of thiazole rings is 1. The molecule has 1 N–H and O–H groups in total. The van der Waals surface area contributed by atoms with E-state index in [2.05, 4.69) is 17.2 Å². The van der Waals surface area contributed by atoms with Gasteiger partial charge in [0.1, 0.15) is 17.2 Å². The number of aromatic nitrogens is 2. The molecule has 0 bridgehead atoms. The van der Waals surface area contributed by atoms with E-state index in [1.165, 1.54) is 32.6 Å². The van der Waals surface area contributed by atoms with E-state index >= 15 is 0 Å². The van der Waals surface area contributed by atoms with Crippen LogP contribution in [0.2, 0.25) is 0 Å². The van der Waals surface area contributed by atoms with Crippen LogP contribution < -0.4 is 10.1 Å². The Morgan fingerprint density at radius 2 is 2.00 bits per heavy atom. The van der Waals surface area contributed by atoms with Gasteiger partial charge in [-0.05, 0) is 37.0 Å². The molecule has 1 aliphatic rings. The second-order valence-electron chi connectivity index (χ2n) is 7.20. The SMILES string of the molecule is CC(=O)c1cc(Oc2ccc3nc(NC4CCCCC4C)sc3c2)ccn1. The first-order valence-corrected chi connectivity index (χ1v) is 10.2. The Hall–Kier alpha value is -2.47. The number of benzene rings is 1. The first-order chi connectivity index (χ1) is 13.1. The molecule has 1 aliphatic carbocycles. The largest absolute Gasteiger partial charge is 0.457 e. The minimum atomic E-state index is -0.0778. The minimum Gasteiger partial charge on any atom is -0.457 e. The zero-order valence-corrected chi connectivity index (χ0v) is 16.4. The van der Waals surface area contributed by atoms with Crippen LogP contribution in [0.5, 0.6) is 11.5 Å². The van der Waals surface area contributed by atoms with Gasteiger partial charge in [0.15, 0.2) is 10.9 Å². The number of fused-ring (bicyclic) bond motifs is 1. The lowest BCUT2D eigenvalue weighted by Gasteiger charge is -2.29. The maximum atomic E-state index is 11.5. The molecule has 6 heteroatoms. The van der Waals surface area contributed by atoms with E-state index in [4.69, 9.17) is 9.72 Å². The number of rotatable bonds is 5. The Morgan fingerprint density at radius 1 is 1.19 bits per heavy atom. The van der Waals surface area contributed by atoms with Crippen LogP contribution >= 0.6 is 11.3 Å². The first-order valence-electron chi connectivity index (χ1n) is 9.40. The number of pyridine rings is 1. The molecule has 0 spiro atoms. The van der Waals surface area contributed by atoms with Crippen molar-refractivity contribution in [2.75, 3.05) is 5.32 Å². The van der Waals surface area contributed by atoms with Gasteiger partial charge in [-0.3, -0.25) is 9.78 Å². The highest BCUT2D eigenvalue weighted by Gasteiger charge is 2.22. The fourth-order valence-corrected chi connectivity index (χ4v) is 4.48. The lowest BCUT2D eigenvalue weighted by molar-refractivity contribution is 0.101. The molecule has 140 valence electrons. The quantitative estimate of drug-likeness (QED) is 0.576. The van der Waals surface area contributed by atoms with Gasteiger partial charge in [-0.1, -0.05) is 31.1 Å². The summed E-state index contributed by atoms with van der Waals surface area (Å²) < 4.78 is 7.00. The number of nitrogens with zero attached hydrogens (tertiary/aromatic N) is 2. The summed E-state index contributed by atoms with van der Waals surface area (Å²) in [6.45, 7) is 3.82. The Bertz CT molecular complexity index is 969. The molecule has 1 fully saturated rings. The summed E-state index contributed by atoms with van der Waals surface area (Å²) in [4.78, 5) is 20.3. The number of ether oxygens (including phenoxy) is 1. The van der Waals surface area contributed by atoms with E-state index in [9.17, 15) is 4.79 Å². The molecular weight excluding hydrogens is 358 g/mol. The van der Waals surface area contributed by atoms with Gasteiger partial charge in [-0.25, -0.2) is 4.98 Å². The molecule has 2 aromatic heterocycles. The van der Waals surface area contributed by atoms with Crippen LogP contribution in [0.1, 0.15) is 50.0 Å². The van der Waals surface area contributed by atoms with Crippen LogP contribution in [0.25, 0.3) is 10.2 Å². The van der Waals surface area contributed by atoms with Crippen molar-refractivity contribution in [3.63, 3.8) is 0 Å². The zero-order valence-electron chi connectivity index (χ0n) is 15.6. The number of hydrogen-bond acceptors (Lipinski definition) is 6. The lowest BCUT2D eigenvalue weighted by atomic mass is 9.86. The van der Waals surface area contributed by atoms with Gasteiger partial charge in [0.05, 0.1) is 10.2 Å². The number of carbonyl (C=O) groups excluding carboxylic acids is 1. The summed E-state index contributed by atoms with van der Waals surface area (Å²) in [5.74, 6) is 1.94. The molecule has 0 saturated heterocycles. The number of nitrogens with one attached hydrogen (secondary N) is 1. The fraction of sp³-hybridized carbons (Fsp3) is 0.381. The lowest BCUT2D eigenvalue weighted by Crippen LogP contribution is -2.30. The molecule has 27 heavy (non-hydrogen) atoms. The molecule has 0 radical (unpaired) electrons. The van der Waals surface area contributed by atoms with E-state index in [0.717, 1.165) is 21.1 Å². The van der Waals surface area contributed by atoms with Crippen LogP contribution in [0.4, 0.5) is 5.13 Å². The van der Waals surface area contributed by atoms with Crippen molar-refractivity contribution in [1.29, 1.82) is 0 Å². The number of Topliss-reactive ketones (excluding diaryl/α,β-unsaturated/α-hetero) is 1. The zero-order chi connectivity index (χ0) is 18.8. The Balaban J connectivity index is 1.52. The average molecular weight is 382 g/mol. The molecular formula is C21H23N3O2S. The molecule has 1 aromatic carbocycles. The molecule has 1 saturated carbocycles. The van der Waals surface area contributed by atoms with E-state index in [-0.39, 0.29) is 5.78 Å². The van der Waals surface area contributed by atoms with E-state index in [0.29, 0.717) is 23.4 Å². The van der Waals surface area contributed by atoms with E-state index in [1.54, 1.807) is 29.7 Å². The van der Waals surface area contributed by atoms with Gasteiger partial charge in [0.25, 0.3) is 0 Å². The second kappa shape index (κ2) is 7.64. The smallest absolute Gasteiger partial charge is 0.184 e. The predicted octanol–water partition coefficient (Wildman–Crippen LogP) is 5.68. The average Bonchev–Trinajstić information content (AvgIpc) is 3.05. The van der Waals surface area contributed by atoms with Gasteiger partial charge < -0.3 is 10.1 Å². The molecule has 2 atom stereocenters. The second-order valence-corrected chi connectivity index (χ2v) is 8.23. The Labute approximate surface area is 162 Å². The number of ketones is 1. The standard InChI is InChI=1S/C21H23N3O2S/c1-13-5-3-4-6-17(13)23-21-24-18-8-7-15(12-20(18)27-21)26-16-9-10-22-19(11-16)14(2)25/h7-13,17H,3-6H2,1-2H3,(H,23,24). The van der Waals surface area contributed by atoms with Crippen molar-refractivity contribution in [3.05, 3.63) is 42.2 Å². The third kappa shape index (κ3) is 4.11. The summed E-state index contributed by atoms with van der Waals surface area (Å²) in [5, 5.41) is 4.61. The summed E-state index contributed by atoms with van der Waals surface area (Å²) in [7, 11) is 0. The van der Waals surface area contributed by atoms with Crippen LogP contribution in [0, 0.1) is 5.92 Å². The van der Waals surface area contributed by atoms with Crippen molar-refractivity contribution >= 4 is 32.5 Å². The van der Waals surface area contributed by atoms with Crippen molar-refractivity contribution in [1.82, 2.24) is 9.97 Å². The highest BCUT2D eigenvalue weighted by Crippen LogP contribution is 2.33. The molecule has 0 amide bonds.